The second-order valence-electron chi connectivity index (χ2n) is 7.14. The van der Waals surface area contributed by atoms with Gasteiger partial charge >= 0.3 is 0 Å². The zero-order valence-electron chi connectivity index (χ0n) is 18.6. The molecule has 0 amide bonds. The highest BCUT2D eigenvalue weighted by atomic mass is 19.3. The molecule has 0 saturated carbocycles. The molecule has 0 spiro atoms. The molecule has 0 bridgehead atoms. The summed E-state index contributed by atoms with van der Waals surface area (Å²) in [5.74, 6) is 3.10. The highest BCUT2D eigenvalue weighted by molar-refractivity contribution is 5.69. The van der Waals surface area contributed by atoms with Crippen molar-refractivity contribution in [2.24, 2.45) is 0 Å². The number of nitrogens with one attached hydrogen (secondary N) is 1. The quantitative estimate of drug-likeness (QED) is 0.530. The van der Waals surface area contributed by atoms with Crippen molar-refractivity contribution < 1.29 is 13.9 Å². The van der Waals surface area contributed by atoms with E-state index < -0.39 is 5.92 Å². The number of hydrogen-bond donors (Lipinski definition) is 2. The maximum Gasteiger partial charge on any atom is 0.271 e. The summed E-state index contributed by atoms with van der Waals surface area (Å²) >= 11 is 0. The van der Waals surface area contributed by atoms with Gasteiger partial charge in [-0.3, -0.25) is 0 Å². The summed E-state index contributed by atoms with van der Waals surface area (Å²) in [6.45, 7) is 9.25. The number of allylic oxidation sites excluding steroid dienone is 2. The standard InChI is InChI=1S/C23H25F2N.C3H8O/c1-5-17(3)26-20(6-2)14-12-18-13-15-21(19-10-8-7-9-11-19)22(16-18)23(4,24)25;1-2-3-4/h6-11,13,15-17,26H,5H2,1-4H3;4H,2-3H2,1H3/b20-6-;/t17-;/m0./s1. The second kappa shape index (κ2) is 12.8. The van der Waals surface area contributed by atoms with Crippen molar-refractivity contribution in [1.29, 1.82) is 0 Å². The molecule has 162 valence electrons. The van der Waals surface area contributed by atoms with Crippen LogP contribution in [0.4, 0.5) is 8.78 Å². The zero-order chi connectivity index (χ0) is 22.6. The van der Waals surface area contributed by atoms with Gasteiger partial charge in [-0.05, 0) is 55.9 Å². The van der Waals surface area contributed by atoms with E-state index in [0.29, 0.717) is 23.8 Å². The van der Waals surface area contributed by atoms with Gasteiger partial charge in [-0.25, -0.2) is 8.78 Å². The van der Waals surface area contributed by atoms with Crippen LogP contribution in [0.25, 0.3) is 11.1 Å². The Kier molecular flexibility index (Phi) is 10.9. The molecule has 2 aromatic rings. The van der Waals surface area contributed by atoms with Gasteiger partial charge in [0.2, 0.25) is 0 Å². The Morgan fingerprint density at radius 3 is 2.30 bits per heavy atom. The lowest BCUT2D eigenvalue weighted by Gasteiger charge is -2.16. The first-order valence-electron chi connectivity index (χ1n) is 10.4. The van der Waals surface area contributed by atoms with Crippen molar-refractivity contribution in [3.8, 4) is 23.0 Å². The monoisotopic (exact) mass is 413 g/mol. The molecule has 0 aromatic heterocycles. The van der Waals surface area contributed by atoms with Crippen LogP contribution in [-0.4, -0.2) is 17.8 Å². The SMILES string of the molecule is C/C=C(/C#Cc1ccc(-c2ccccc2)c(C(C)(F)F)c1)N[C@@H](C)CC.CCCO. The fraction of sp³-hybridized carbons (Fsp3) is 0.385. The highest BCUT2D eigenvalue weighted by Crippen LogP contribution is 2.36. The van der Waals surface area contributed by atoms with Crippen LogP contribution >= 0.6 is 0 Å². The first-order valence-corrected chi connectivity index (χ1v) is 10.4. The van der Waals surface area contributed by atoms with E-state index in [1.165, 1.54) is 6.07 Å². The van der Waals surface area contributed by atoms with Crippen LogP contribution in [0.15, 0.2) is 60.3 Å². The van der Waals surface area contributed by atoms with Gasteiger partial charge in [0.1, 0.15) is 0 Å². The van der Waals surface area contributed by atoms with Gasteiger partial charge < -0.3 is 10.4 Å². The average Bonchev–Trinajstić information content (AvgIpc) is 2.76. The lowest BCUT2D eigenvalue weighted by atomic mass is 9.94. The first kappa shape index (κ1) is 25.4. The van der Waals surface area contributed by atoms with Crippen molar-refractivity contribution in [2.75, 3.05) is 6.61 Å². The molecule has 0 aliphatic heterocycles. The fourth-order valence-electron chi connectivity index (χ4n) is 2.55. The third-order valence-electron chi connectivity index (χ3n) is 4.45. The molecule has 2 N–H and O–H groups in total. The summed E-state index contributed by atoms with van der Waals surface area (Å²) in [6.07, 6.45) is 3.75. The largest absolute Gasteiger partial charge is 0.396 e. The van der Waals surface area contributed by atoms with Crippen LogP contribution in [0.5, 0.6) is 0 Å². The van der Waals surface area contributed by atoms with E-state index in [2.05, 4.69) is 31.0 Å². The van der Waals surface area contributed by atoms with Gasteiger partial charge in [0.15, 0.2) is 0 Å². The molecule has 0 radical (unpaired) electrons. The minimum absolute atomic E-state index is 0.00702. The molecule has 0 fully saturated rings. The van der Waals surface area contributed by atoms with Crippen LogP contribution in [0.1, 0.15) is 58.6 Å². The Hall–Kier alpha value is -2.64. The van der Waals surface area contributed by atoms with Crippen LogP contribution in [0, 0.1) is 11.8 Å². The van der Waals surface area contributed by atoms with Gasteiger partial charge in [0.05, 0.1) is 5.70 Å². The van der Waals surface area contributed by atoms with Gasteiger partial charge in [0, 0.05) is 30.7 Å². The van der Waals surface area contributed by atoms with E-state index in [4.69, 9.17) is 5.11 Å². The van der Waals surface area contributed by atoms with E-state index in [9.17, 15) is 8.78 Å². The van der Waals surface area contributed by atoms with E-state index in [1.807, 2.05) is 50.3 Å². The maximum atomic E-state index is 14.2. The topological polar surface area (TPSA) is 32.3 Å². The van der Waals surface area contributed by atoms with Crippen molar-refractivity contribution >= 4 is 0 Å². The molecule has 0 aliphatic carbocycles. The number of aliphatic hydroxyl groups excluding tert-OH is 1. The Morgan fingerprint density at radius 2 is 1.80 bits per heavy atom. The Labute approximate surface area is 180 Å². The normalized spacial score (nSPS) is 12.2. The van der Waals surface area contributed by atoms with Crippen molar-refractivity contribution in [1.82, 2.24) is 5.32 Å². The zero-order valence-corrected chi connectivity index (χ0v) is 18.6. The summed E-state index contributed by atoms with van der Waals surface area (Å²) < 4.78 is 28.4. The van der Waals surface area contributed by atoms with Gasteiger partial charge in [-0.2, -0.15) is 0 Å². The molecule has 0 unspecified atom stereocenters. The number of halogens is 2. The average molecular weight is 414 g/mol. The highest BCUT2D eigenvalue weighted by Gasteiger charge is 2.28. The molecule has 30 heavy (non-hydrogen) atoms. The molecular weight excluding hydrogens is 380 g/mol. The Balaban J connectivity index is 0.00000103. The van der Waals surface area contributed by atoms with Crippen LogP contribution in [0.2, 0.25) is 0 Å². The number of aliphatic hydroxyl groups is 1. The fourth-order valence-corrected chi connectivity index (χ4v) is 2.55. The summed E-state index contributed by atoms with van der Waals surface area (Å²) in [5.41, 5.74) is 2.68. The lowest BCUT2D eigenvalue weighted by Crippen LogP contribution is -2.23. The van der Waals surface area contributed by atoms with Crippen molar-refractivity contribution in [3.05, 3.63) is 71.4 Å². The third kappa shape index (κ3) is 8.39. The summed E-state index contributed by atoms with van der Waals surface area (Å²) in [4.78, 5) is 0. The molecule has 0 heterocycles. The second-order valence-corrected chi connectivity index (χ2v) is 7.14. The molecule has 0 aliphatic rings. The Bertz CT molecular complexity index is 856. The summed E-state index contributed by atoms with van der Waals surface area (Å²) in [5, 5.41) is 11.2. The van der Waals surface area contributed by atoms with Crippen molar-refractivity contribution in [3.63, 3.8) is 0 Å². The smallest absolute Gasteiger partial charge is 0.271 e. The molecule has 4 heteroatoms. The molecule has 2 rings (SSSR count). The predicted molar refractivity (Wildman–Crippen MR) is 122 cm³/mol. The lowest BCUT2D eigenvalue weighted by molar-refractivity contribution is 0.0181. The minimum atomic E-state index is -2.94. The molecule has 0 saturated heterocycles. The first-order chi connectivity index (χ1) is 14.3. The number of alkyl halides is 2. The minimum Gasteiger partial charge on any atom is -0.396 e. The Morgan fingerprint density at radius 1 is 1.17 bits per heavy atom. The number of benzene rings is 2. The van der Waals surface area contributed by atoms with Crippen LogP contribution in [0.3, 0.4) is 0 Å². The number of hydrogen-bond acceptors (Lipinski definition) is 2. The van der Waals surface area contributed by atoms with E-state index in [-0.39, 0.29) is 5.56 Å². The van der Waals surface area contributed by atoms with Crippen molar-refractivity contribution in [2.45, 2.75) is 59.4 Å². The summed E-state index contributed by atoms with van der Waals surface area (Å²) in [6, 6.07) is 14.6. The molecule has 2 aromatic carbocycles. The van der Waals surface area contributed by atoms with Gasteiger partial charge in [-0.1, -0.05) is 62.2 Å². The third-order valence-corrected chi connectivity index (χ3v) is 4.45. The molecule has 1 atom stereocenters. The molecule has 2 nitrogen and oxygen atoms in total. The number of rotatable bonds is 6. The van der Waals surface area contributed by atoms with E-state index >= 15 is 0 Å². The molecular formula is C26H33F2NO. The van der Waals surface area contributed by atoms with Gasteiger partial charge in [-0.15, -0.1) is 0 Å². The van der Waals surface area contributed by atoms with Crippen LogP contribution in [-0.2, 0) is 5.92 Å². The van der Waals surface area contributed by atoms with E-state index in [0.717, 1.165) is 31.0 Å². The van der Waals surface area contributed by atoms with Crippen LogP contribution < -0.4 is 5.32 Å². The van der Waals surface area contributed by atoms with E-state index in [1.54, 1.807) is 12.1 Å². The van der Waals surface area contributed by atoms with Gasteiger partial charge in [0.25, 0.3) is 5.92 Å². The maximum absolute atomic E-state index is 14.2. The predicted octanol–water partition coefficient (Wildman–Crippen LogP) is 6.50. The summed E-state index contributed by atoms with van der Waals surface area (Å²) in [7, 11) is 0.